The van der Waals surface area contributed by atoms with Crippen LogP contribution in [0.25, 0.3) is 0 Å². The molecule has 0 aromatic carbocycles. The molecule has 1 N–H and O–H groups in total. The van der Waals surface area contributed by atoms with E-state index in [1.54, 1.807) is 26.8 Å². The van der Waals surface area contributed by atoms with Crippen LogP contribution in [0.15, 0.2) is 18.3 Å². The van der Waals surface area contributed by atoms with Gasteiger partial charge in [-0.1, -0.05) is 0 Å². The van der Waals surface area contributed by atoms with Gasteiger partial charge in [-0.3, -0.25) is 4.79 Å². The molecule has 26 heavy (non-hydrogen) atoms. The summed E-state index contributed by atoms with van der Waals surface area (Å²) in [6.07, 6.45) is 1.48. The minimum Gasteiger partial charge on any atom is -0.480 e. The molecule has 138 valence electrons. The van der Waals surface area contributed by atoms with Crippen LogP contribution in [-0.2, 0) is 9.47 Å². The number of pyridine rings is 1. The Labute approximate surface area is 150 Å². The third-order valence-electron chi connectivity index (χ3n) is 3.71. The van der Waals surface area contributed by atoms with E-state index < -0.39 is 24.3 Å². The van der Waals surface area contributed by atoms with Gasteiger partial charge in [0.2, 0.25) is 11.7 Å². The van der Waals surface area contributed by atoms with E-state index in [9.17, 15) is 14.4 Å². The Morgan fingerprint density at radius 2 is 1.88 bits per heavy atom. The lowest BCUT2D eigenvalue weighted by Crippen LogP contribution is -2.16. The van der Waals surface area contributed by atoms with Crippen molar-refractivity contribution in [3.8, 4) is 5.88 Å². The monoisotopic (exact) mass is 360 g/mol. The molecule has 8 heteroatoms. The number of H-pyrrole nitrogens is 1. The Hall–Kier alpha value is -3.16. The summed E-state index contributed by atoms with van der Waals surface area (Å²) in [5.41, 5.74) is 1.61. The van der Waals surface area contributed by atoms with Crippen LogP contribution >= 0.6 is 0 Å². The van der Waals surface area contributed by atoms with Gasteiger partial charge in [0.25, 0.3) is 0 Å². The van der Waals surface area contributed by atoms with Gasteiger partial charge in [0.05, 0.1) is 13.7 Å². The predicted molar refractivity (Wildman–Crippen MR) is 91.6 cm³/mol. The van der Waals surface area contributed by atoms with Gasteiger partial charge < -0.3 is 19.2 Å². The van der Waals surface area contributed by atoms with E-state index in [0.717, 1.165) is 0 Å². The first kappa shape index (κ1) is 19.2. The fourth-order valence-electron chi connectivity index (χ4n) is 2.57. The molecule has 0 atom stereocenters. The number of carbonyl (C=O) groups is 3. The van der Waals surface area contributed by atoms with Crippen LogP contribution in [0.3, 0.4) is 0 Å². The highest BCUT2D eigenvalue weighted by Gasteiger charge is 2.24. The van der Waals surface area contributed by atoms with Crippen molar-refractivity contribution < 1.29 is 28.6 Å². The van der Waals surface area contributed by atoms with Crippen molar-refractivity contribution in [2.75, 3.05) is 20.3 Å². The molecule has 0 aliphatic heterocycles. The number of aromatic amines is 1. The lowest BCUT2D eigenvalue weighted by molar-refractivity contribution is 0.0469. The zero-order valence-corrected chi connectivity index (χ0v) is 15.0. The molecular formula is C18H20N2O6. The zero-order valence-electron chi connectivity index (χ0n) is 15.0. The summed E-state index contributed by atoms with van der Waals surface area (Å²) in [5, 5.41) is 0. The van der Waals surface area contributed by atoms with Crippen molar-refractivity contribution in [2.24, 2.45) is 0 Å². The van der Waals surface area contributed by atoms with Crippen LogP contribution in [-0.4, -0.2) is 48.0 Å². The Balaban J connectivity index is 2.13. The first-order valence-electron chi connectivity index (χ1n) is 7.96. The lowest BCUT2D eigenvalue weighted by atomic mass is 10.1. The van der Waals surface area contributed by atoms with Crippen molar-refractivity contribution >= 4 is 17.7 Å². The molecule has 0 fully saturated rings. The maximum absolute atomic E-state index is 12.5. The summed E-state index contributed by atoms with van der Waals surface area (Å²) in [5.74, 6) is -1.57. The van der Waals surface area contributed by atoms with Crippen molar-refractivity contribution in [3.05, 3.63) is 46.4 Å². The average Bonchev–Trinajstić information content (AvgIpc) is 2.94. The fourth-order valence-corrected chi connectivity index (χ4v) is 2.57. The van der Waals surface area contributed by atoms with Gasteiger partial charge in [-0.25, -0.2) is 14.6 Å². The number of ether oxygens (including phenoxy) is 3. The summed E-state index contributed by atoms with van der Waals surface area (Å²) in [7, 11) is 1.38. The Kier molecular flexibility index (Phi) is 6.11. The second-order valence-electron chi connectivity index (χ2n) is 5.41. The minimum atomic E-state index is -0.722. The van der Waals surface area contributed by atoms with Crippen molar-refractivity contribution in [1.29, 1.82) is 0 Å². The number of Topliss-reactive ketones (excluding diaryl/α,β-unsaturated/α-hetero) is 1. The number of hydrogen-bond acceptors (Lipinski definition) is 7. The summed E-state index contributed by atoms with van der Waals surface area (Å²) >= 11 is 0. The number of ketones is 1. The van der Waals surface area contributed by atoms with E-state index in [-0.39, 0.29) is 23.7 Å². The van der Waals surface area contributed by atoms with E-state index >= 15 is 0 Å². The molecule has 0 unspecified atom stereocenters. The Morgan fingerprint density at radius 3 is 2.54 bits per heavy atom. The first-order valence-corrected chi connectivity index (χ1v) is 7.96. The molecule has 8 nitrogen and oxygen atoms in total. The molecule has 0 aliphatic carbocycles. The molecule has 0 aliphatic rings. The molecular weight excluding hydrogens is 340 g/mol. The average molecular weight is 360 g/mol. The van der Waals surface area contributed by atoms with Gasteiger partial charge in [-0.05, 0) is 38.5 Å². The number of methoxy groups -OCH3 is 1. The summed E-state index contributed by atoms with van der Waals surface area (Å²) < 4.78 is 15.0. The van der Waals surface area contributed by atoms with Crippen molar-refractivity contribution in [1.82, 2.24) is 9.97 Å². The van der Waals surface area contributed by atoms with Crippen LogP contribution in [0.4, 0.5) is 0 Å². The lowest BCUT2D eigenvalue weighted by Gasteiger charge is -2.07. The quantitative estimate of drug-likeness (QED) is 0.596. The van der Waals surface area contributed by atoms with Crippen LogP contribution in [0.2, 0.25) is 0 Å². The number of esters is 2. The van der Waals surface area contributed by atoms with Crippen LogP contribution in [0, 0.1) is 13.8 Å². The van der Waals surface area contributed by atoms with E-state index in [1.807, 2.05) is 0 Å². The summed E-state index contributed by atoms with van der Waals surface area (Å²) in [4.78, 5) is 43.3. The van der Waals surface area contributed by atoms with E-state index in [4.69, 9.17) is 14.2 Å². The largest absolute Gasteiger partial charge is 0.480 e. The van der Waals surface area contributed by atoms with Gasteiger partial charge in [-0.15, -0.1) is 0 Å². The second-order valence-corrected chi connectivity index (χ2v) is 5.41. The van der Waals surface area contributed by atoms with Crippen molar-refractivity contribution in [2.45, 2.75) is 20.8 Å². The predicted octanol–water partition coefficient (Wildman–Crippen LogP) is 2.25. The number of aryl methyl sites for hydroxylation is 1. The van der Waals surface area contributed by atoms with Crippen LogP contribution in [0.5, 0.6) is 5.88 Å². The maximum Gasteiger partial charge on any atom is 0.355 e. The molecule has 0 radical (unpaired) electrons. The maximum atomic E-state index is 12.5. The summed E-state index contributed by atoms with van der Waals surface area (Å²) in [6, 6.07) is 3.05. The zero-order chi connectivity index (χ0) is 19.3. The van der Waals surface area contributed by atoms with Crippen LogP contribution in [0.1, 0.15) is 49.4 Å². The molecule has 2 rings (SSSR count). The standard InChI is InChI=1S/C18H20N2O6/c1-5-25-18(23)15-10(2)14(11(3)20-15)13(21)9-26-17(22)12-7-6-8-19-16(12)24-4/h6-8,20H,5,9H2,1-4H3. The van der Waals surface area contributed by atoms with E-state index in [1.165, 1.54) is 19.4 Å². The molecule has 0 amide bonds. The molecule has 2 aromatic heterocycles. The third kappa shape index (κ3) is 3.90. The number of hydrogen-bond donors (Lipinski definition) is 1. The molecule has 0 spiro atoms. The number of rotatable bonds is 7. The van der Waals surface area contributed by atoms with Crippen molar-refractivity contribution in [3.63, 3.8) is 0 Å². The SMILES string of the molecule is CCOC(=O)c1[nH]c(C)c(C(=O)COC(=O)c2cccnc2OC)c1C. The van der Waals surface area contributed by atoms with Gasteiger partial charge in [0, 0.05) is 17.5 Å². The fraction of sp³-hybridized carbons (Fsp3) is 0.333. The first-order chi connectivity index (χ1) is 12.4. The van der Waals surface area contributed by atoms with Gasteiger partial charge in [0.15, 0.2) is 6.61 Å². The topological polar surface area (TPSA) is 108 Å². The molecule has 2 aromatic rings. The minimum absolute atomic E-state index is 0.114. The number of nitrogens with zero attached hydrogens (tertiary/aromatic N) is 1. The van der Waals surface area contributed by atoms with Gasteiger partial charge in [-0.2, -0.15) is 0 Å². The smallest absolute Gasteiger partial charge is 0.355 e. The highest BCUT2D eigenvalue weighted by molar-refractivity contribution is 6.04. The second kappa shape index (κ2) is 8.28. The Morgan fingerprint density at radius 1 is 1.15 bits per heavy atom. The van der Waals surface area contributed by atoms with Gasteiger partial charge >= 0.3 is 11.9 Å². The summed E-state index contributed by atoms with van der Waals surface area (Å²) in [6.45, 7) is 4.74. The van der Waals surface area contributed by atoms with E-state index in [2.05, 4.69) is 9.97 Å². The van der Waals surface area contributed by atoms with Crippen LogP contribution < -0.4 is 4.74 Å². The number of carbonyl (C=O) groups excluding carboxylic acids is 3. The highest BCUT2D eigenvalue weighted by atomic mass is 16.5. The molecule has 2 heterocycles. The molecule has 0 bridgehead atoms. The number of aromatic nitrogens is 2. The normalized spacial score (nSPS) is 10.3. The Bertz CT molecular complexity index is 840. The molecule has 0 saturated heterocycles. The van der Waals surface area contributed by atoms with E-state index in [0.29, 0.717) is 16.8 Å². The number of nitrogens with one attached hydrogen (secondary N) is 1. The van der Waals surface area contributed by atoms with Gasteiger partial charge in [0.1, 0.15) is 11.3 Å². The third-order valence-corrected chi connectivity index (χ3v) is 3.71. The molecule has 0 saturated carbocycles. The highest BCUT2D eigenvalue weighted by Crippen LogP contribution is 2.20.